The first-order valence-electron chi connectivity index (χ1n) is 15.1. The largest absolute Gasteiger partial charge is 0.394 e. The second kappa shape index (κ2) is 14.0. The molecular weight excluding hydrogens is 550 g/mol. The summed E-state index contributed by atoms with van der Waals surface area (Å²) in [7, 11) is 0. The monoisotopic (exact) mass is 596 g/mol. The van der Waals surface area contributed by atoms with E-state index in [-0.39, 0.29) is 35.7 Å². The van der Waals surface area contributed by atoms with E-state index in [9.17, 15) is 35.1 Å². The zero-order chi connectivity index (χ0) is 30.6. The molecule has 1 aromatic rings. The molecule has 3 aliphatic rings. The van der Waals surface area contributed by atoms with E-state index in [0.29, 0.717) is 13.0 Å². The molecule has 0 saturated carbocycles. The zero-order valence-electron chi connectivity index (χ0n) is 24.6. The fraction of sp³-hybridized carbons (Fsp3) is 0.786. The van der Waals surface area contributed by atoms with Crippen molar-refractivity contribution in [2.75, 3.05) is 24.7 Å². The first-order chi connectivity index (χ1) is 20.1. The van der Waals surface area contributed by atoms with Crippen molar-refractivity contribution in [3.05, 3.63) is 10.4 Å². The number of aliphatic imine (C=N–C) groups is 1. The number of H-pyrrole nitrogens is 1. The molecule has 4 rings (SSSR count). The Morgan fingerprint density at radius 2 is 1.71 bits per heavy atom. The summed E-state index contributed by atoms with van der Waals surface area (Å²) in [6.07, 6.45) is -0.0486. The van der Waals surface area contributed by atoms with Gasteiger partial charge in [-0.25, -0.2) is 0 Å². The number of rotatable bonds is 14. The molecule has 1 unspecified atom stereocenters. The number of carbonyl (C=O) groups is 1. The van der Waals surface area contributed by atoms with E-state index >= 15 is 0 Å². The normalized spacial score (nSPS) is 32.2. The van der Waals surface area contributed by atoms with Crippen molar-refractivity contribution in [1.29, 1.82) is 0 Å². The number of aromatic nitrogens is 2. The molecule has 0 aliphatic carbocycles. The molecule has 2 saturated heterocycles. The summed E-state index contributed by atoms with van der Waals surface area (Å²) in [5, 5.41) is 51.8. The Bertz CT molecular complexity index is 1160. The number of hydrogen-bond donors (Lipinski definition) is 6. The van der Waals surface area contributed by atoms with Crippen LogP contribution in [-0.2, 0) is 14.3 Å². The van der Waals surface area contributed by atoms with Gasteiger partial charge in [0.25, 0.3) is 11.4 Å². The molecule has 0 bridgehead atoms. The summed E-state index contributed by atoms with van der Waals surface area (Å²) >= 11 is 0. The van der Waals surface area contributed by atoms with E-state index < -0.39 is 66.2 Å². The molecule has 1 amide bonds. The number of unbranched alkanes of at least 4 members (excludes halogenated alkanes) is 6. The Morgan fingerprint density at radius 1 is 1.05 bits per heavy atom. The first-order valence-corrected chi connectivity index (χ1v) is 15.1. The Balaban J connectivity index is 1.73. The second-order valence-electron chi connectivity index (χ2n) is 11.8. The lowest BCUT2D eigenvalue weighted by Crippen LogP contribution is -2.65. The highest BCUT2D eigenvalue weighted by atomic mass is 16.6. The lowest BCUT2D eigenvalue weighted by Gasteiger charge is -2.39. The van der Waals surface area contributed by atoms with Crippen molar-refractivity contribution in [1.82, 2.24) is 14.5 Å². The molecule has 42 heavy (non-hydrogen) atoms. The number of nitrogens with zero attached hydrogens (tertiary/aromatic N) is 4. The number of anilines is 1. The van der Waals surface area contributed by atoms with Crippen LogP contribution in [0.2, 0.25) is 0 Å². The van der Waals surface area contributed by atoms with Crippen LogP contribution in [0.25, 0.3) is 0 Å². The SMILES string of the molecule is CCCCCCCCCN(C(=O)C(C)C)c1nc2c(c(=O)[nH]1)N=C[N+]2([C@@H]1C[C@H](O)[C@@H](CO)O1)[C@@H]1O[C@H](CO)[C@@H](O)[C@H]1O. The van der Waals surface area contributed by atoms with Gasteiger partial charge >= 0.3 is 0 Å². The minimum Gasteiger partial charge on any atom is -0.394 e. The number of fused-ring (bicyclic) bond motifs is 1. The third-order valence-corrected chi connectivity index (χ3v) is 8.41. The van der Waals surface area contributed by atoms with Crippen molar-refractivity contribution in [3.8, 4) is 0 Å². The average molecular weight is 597 g/mol. The number of quaternary nitrogens is 1. The van der Waals surface area contributed by atoms with Gasteiger partial charge < -0.3 is 35.0 Å². The van der Waals surface area contributed by atoms with Crippen molar-refractivity contribution in [2.24, 2.45) is 10.9 Å². The van der Waals surface area contributed by atoms with E-state index in [4.69, 9.17) is 14.5 Å². The smallest absolute Gasteiger partial charge is 0.284 e. The van der Waals surface area contributed by atoms with E-state index in [2.05, 4.69) is 16.9 Å². The molecule has 14 heteroatoms. The van der Waals surface area contributed by atoms with E-state index in [0.717, 1.165) is 25.7 Å². The Labute approximate surface area is 245 Å². The summed E-state index contributed by atoms with van der Waals surface area (Å²) in [6.45, 7) is 4.94. The van der Waals surface area contributed by atoms with Gasteiger partial charge in [-0.15, -0.1) is 0 Å². The van der Waals surface area contributed by atoms with Crippen LogP contribution in [0.1, 0.15) is 72.1 Å². The Kier molecular flexibility index (Phi) is 10.9. The number of aromatic amines is 1. The third-order valence-electron chi connectivity index (χ3n) is 8.41. The number of hydrogen-bond acceptors (Lipinski definition) is 11. The number of aliphatic hydroxyl groups is 5. The van der Waals surface area contributed by atoms with Crippen molar-refractivity contribution in [2.45, 2.75) is 115 Å². The highest BCUT2D eigenvalue weighted by Crippen LogP contribution is 2.46. The highest BCUT2D eigenvalue weighted by Gasteiger charge is 2.63. The van der Waals surface area contributed by atoms with Gasteiger partial charge in [-0.05, 0) is 6.42 Å². The topological polar surface area (TPSA) is 198 Å². The maximum Gasteiger partial charge on any atom is 0.284 e. The van der Waals surface area contributed by atoms with Gasteiger partial charge in [-0.1, -0.05) is 59.3 Å². The minimum atomic E-state index is -1.56. The molecule has 6 N–H and O–H groups in total. The summed E-state index contributed by atoms with van der Waals surface area (Å²) < 4.78 is 11.3. The Morgan fingerprint density at radius 3 is 2.31 bits per heavy atom. The van der Waals surface area contributed by atoms with Crippen LogP contribution in [0, 0.1) is 5.92 Å². The van der Waals surface area contributed by atoms with E-state index in [1.165, 1.54) is 24.1 Å². The predicted molar refractivity (Wildman–Crippen MR) is 154 cm³/mol. The number of carbonyl (C=O) groups excluding carboxylic acids is 1. The standard InChI is InChI=1S/C28H45N5O9/c1-4-5-6-7-8-9-10-11-32(26(40)16(2)3)28-30-24-21(25(39)31-28)29-15-33(24,20-12-17(36)18(13-34)41-20)27-23(38)22(37)19(14-35)42-27/h15-20,22-23,27,34-38H,4-14H2,1-3H3/p+1/t17-,18+,19+,20-,22+,23+,27+,33?/m0/s1. The van der Waals surface area contributed by atoms with Gasteiger partial charge in [0, 0.05) is 12.5 Å². The van der Waals surface area contributed by atoms with Gasteiger partial charge in [-0.3, -0.25) is 19.5 Å². The quantitative estimate of drug-likeness (QED) is 0.129. The average Bonchev–Trinajstić information content (AvgIpc) is 3.63. The number of nitrogens with one attached hydrogen (secondary N) is 1. The molecule has 3 aliphatic heterocycles. The fourth-order valence-electron chi connectivity index (χ4n) is 5.97. The van der Waals surface area contributed by atoms with Crippen LogP contribution in [-0.4, -0.2) is 110 Å². The van der Waals surface area contributed by atoms with Gasteiger partial charge in [0.05, 0.1) is 25.7 Å². The Hall–Kier alpha value is -2.30. The fourth-order valence-corrected chi connectivity index (χ4v) is 5.97. The number of amides is 1. The van der Waals surface area contributed by atoms with Crippen LogP contribution in [0.15, 0.2) is 9.79 Å². The molecule has 1 aromatic heterocycles. The second-order valence-corrected chi connectivity index (χ2v) is 11.8. The third kappa shape index (κ3) is 6.17. The molecule has 0 spiro atoms. The van der Waals surface area contributed by atoms with Crippen molar-refractivity contribution < 1.29 is 39.8 Å². The van der Waals surface area contributed by atoms with Crippen molar-refractivity contribution >= 4 is 29.7 Å². The van der Waals surface area contributed by atoms with Crippen molar-refractivity contribution in [3.63, 3.8) is 0 Å². The summed E-state index contributed by atoms with van der Waals surface area (Å²) in [5.41, 5.74) is -0.730. The van der Waals surface area contributed by atoms with Crippen LogP contribution in [0.5, 0.6) is 0 Å². The van der Waals surface area contributed by atoms with Gasteiger partial charge in [0.2, 0.25) is 36.3 Å². The van der Waals surface area contributed by atoms with Gasteiger partial charge in [0.15, 0.2) is 6.10 Å². The minimum absolute atomic E-state index is 0.000398. The lowest BCUT2D eigenvalue weighted by molar-refractivity contribution is -0.133. The molecule has 0 radical (unpaired) electrons. The summed E-state index contributed by atoms with van der Waals surface area (Å²) in [5.74, 6) is -0.620. The lowest BCUT2D eigenvalue weighted by atomic mass is 10.1. The molecular formula is C28H46N5O9+. The molecule has 14 nitrogen and oxygen atoms in total. The summed E-state index contributed by atoms with van der Waals surface area (Å²) in [4.78, 5) is 39.9. The molecule has 4 heterocycles. The molecule has 236 valence electrons. The highest BCUT2D eigenvalue weighted by molar-refractivity contribution is 5.94. The number of ether oxygens (including phenoxy) is 2. The van der Waals surface area contributed by atoms with Crippen LogP contribution in [0.4, 0.5) is 17.5 Å². The number of aliphatic hydroxyl groups excluding tert-OH is 5. The van der Waals surface area contributed by atoms with Gasteiger partial charge in [0.1, 0.15) is 18.3 Å². The zero-order valence-corrected chi connectivity index (χ0v) is 24.6. The summed E-state index contributed by atoms with van der Waals surface area (Å²) in [6, 6.07) is 0. The molecule has 8 atom stereocenters. The molecule has 0 aromatic carbocycles. The van der Waals surface area contributed by atoms with E-state index in [1.807, 2.05) is 0 Å². The molecule has 2 fully saturated rings. The van der Waals surface area contributed by atoms with Gasteiger partial charge in [-0.2, -0.15) is 14.5 Å². The predicted octanol–water partition coefficient (Wildman–Crippen LogP) is 0.397. The van der Waals surface area contributed by atoms with Crippen LogP contribution < -0.4 is 14.9 Å². The van der Waals surface area contributed by atoms with Crippen LogP contribution in [0.3, 0.4) is 0 Å². The van der Waals surface area contributed by atoms with E-state index in [1.54, 1.807) is 13.8 Å². The maximum absolute atomic E-state index is 13.4. The first kappa shape index (κ1) is 32.6. The van der Waals surface area contributed by atoms with Crippen LogP contribution >= 0.6 is 0 Å². The maximum atomic E-state index is 13.4.